The van der Waals surface area contributed by atoms with E-state index in [2.05, 4.69) is 10.3 Å². The molecule has 2 atom stereocenters. The Kier molecular flexibility index (Phi) is 3.20. The highest BCUT2D eigenvalue weighted by Gasteiger charge is 2.32. The second-order valence-corrected chi connectivity index (χ2v) is 4.81. The second kappa shape index (κ2) is 5.02. The molecule has 0 unspecified atom stereocenters. The largest absolute Gasteiger partial charge is 0.390 e. The lowest BCUT2D eigenvalue weighted by molar-refractivity contribution is 0.0857. The van der Waals surface area contributed by atoms with Gasteiger partial charge in [-0.15, -0.1) is 0 Å². The molecule has 0 bridgehead atoms. The van der Waals surface area contributed by atoms with Gasteiger partial charge < -0.3 is 10.4 Å². The van der Waals surface area contributed by atoms with Gasteiger partial charge in [-0.05, 0) is 17.2 Å². The number of aliphatic hydroxyl groups is 1. The van der Waals surface area contributed by atoms with Crippen LogP contribution in [0.3, 0.4) is 0 Å². The SMILES string of the molecule is O=C(N[C@@H]1c2ccccc2C[C@H]1O)c1cncc(F)c1. The van der Waals surface area contributed by atoms with Gasteiger partial charge in [0.15, 0.2) is 0 Å². The number of hydrogen-bond donors (Lipinski definition) is 2. The minimum absolute atomic E-state index is 0.140. The van der Waals surface area contributed by atoms with Gasteiger partial charge in [0.2, 0.25) is 0 Å². The molecule has 1 aliphatic carbocycles. The number of aliphatic hydroxyl groups excluding tert-OH is 1. The van der Waals surface area contributed by atoms with Crippen molar-refractivity contribution in [1.82, 2.24) is 10.3 Å². The Hall–Kier alpha value is -2.27. The van der Waals surface area contributed by atoms with E-state index in [1.165, 1.54) is 6.20 Å². The van der Waals surface area contributed by atoms with Crippen LogP contribution in [0.2, 0.25) is 0 Å². The molecular formula is C15H13FN2O2. The summed E-state index contributed by atoms with van der Waals surface area (Å²) in [5.41, 5.74) is 2.06. The van der Waals surface area contributed by atoms with Crippen molar-refractivity contribution in [2.45, 2.75) is 18.6 Å². The molecule has 1 aromatic carbocycles. The minimum atomic E-state index is -0.669. The summed E-state index contributed by atoms with van der Waals surface area (Å²) in [6.07, 6.45) is 2.17. The maximum Gasteiger partial charge on any atom is 0.253 e. The lowest BCUT2D eigenvalue weighted by Gasteiger charge is -2.17. The number of pyridine rings is 1. The molecule has 0 saturated heterocycles. The molecule has 0 spiro atoms. The van der Waals surface area contributed by atoms with E-state index in [-0.39, 0.29) is 5.56 Å². The highest BCUT2D eigenvalue weighted by atomic mass is 19.1. The number of carbonyl (C=O) groups is 1. The number of rotatable bonds is 2. The molecule has 4 nitrogen and oxygen atoms in total. The van der Waals surface area contributed by atoms with Crippen LogP contribution in [0.1, 0.15) is 27.5 Å². The number of benzene rings is 1. The molecule has 0 saturated carbocycles. The average molecular weight is 272 g/mol. The first-order chi connectivity index (χ1) is 9.65. The van der Waals surface area contributed by atoms with Crippen LogP contribution in [0.5, 0.6) is 0 Å². The molecule has 1 amide bonds. The minimum Gasteiger partial charge on any atom is -0.390 e. The third-order valence-corrected chi connectivity index (χ3v) is 3.46. The van der Waals surface area contributed by atoms with Gasteiger partial charge in [0.25, 0.3) is 5.91 Å². The van der Waals surface area contributed by atoms with E-state index >= 15 is 0 Å². The third kappa shape index (κ3) is 2.28. The van der Waals surface area contributed by atoms with E-state index in [1.807, 2.05) is 24.3 Å². The molecule has 20 heavy (non-hydrogen) atoms. The number of hydrogen-bond acceptors (Lipinski definition) is 3. The van der Waals surface area contributed by atoms with E-state index in [1.54, 1.807) is 0 Å². The first-order valence-corrected chi connectivity index (χ1v) is 6.32. The van der Waals surface area contributed by atoms with Crippen LogP contribution in [0.15, 0.2) is 42.7 Å². The maximum atomic E-state index is 13.1. The molecule has 102 valence electrons. The topological polar surface area (TPSA) is 62.2 Å². The van der Waals surface area contributed by atoms with Crippen molar-refractivity contribution in [1.29, 1.82) is 0 Å². The standard InChI is InChI=1S/C15H13FN2O2/c16-11-5-10(7-17-8-11)15(20)18-14-12-4-2-1-3-9(12)6-13(14)19/h1-5,7-8,13-14,19H,6H2,(H,18,20)/t13-,14-/m1/s1. The molecule has 0 fully saturated rings. The van der Waals surface area contributed by atoms with Gasteiger partial charge in [-0.25, -0.2) is 4.39 Å². The molecule has 1 aliphatic rings. The number of halogens is 1. The molecule has 5 heteroatoms. The molecule has 3 rings (SSSR count). The van der Waals surface area contributed by atoms with Crippen molar-refractivity contribution in [2.75, 3.05) is 0 Å². The van der Waals surface area contributed by atoms with Crippen molar-refractivity contribution in [3.63, 3.8) is 0 Å². The van der Waals surface area contributed by atoms with Gasteiger partial charge in [0.1, 0.15) is 5.82 Å². The summed E-state index contributed by atoms with van der Waals surface area (Å²) in [5, 5.41) is 12.8. The number of amides is 1. The van der Waals surface area contributed by atoms with Gasteiger partial charge in [-0.3, -0.25) is 9.78 Å². The lowest BCUT2D eigenvalue weighted by Crippen LogP contribution is -2.33. The molecule has 0 radical (unpaired) electrons. The number of fused-ring (bicyclic) bond motifs is 1. The molecule has 0 aliphatic heterocycles. The van der Waals surface area contributed by atoms with Gasteiger partial charge >= 0.3 is 0 Å². The fourth-order valence-corrected chi connectivity index (χ4v) is 2.51. The third-order valence-electron chi connectivity index (χ3n) is 3.46. The predicted molar refractivity (Wildman–Crippen MR) is 70.6 cm³/mol. The maximum absolute atomic E-state index is 13.1. The number of nitrogens with zero attached hydrogens (tertiary/aromatic N) is 1. The average Bonchev–Trinajstić information content (AvgIpc) is 2.75. The Morgan fingerprint density at radius 1 is 1.35 bits per heavy atom. The summed E-state index contributed by atoms with van der Waals surface area (Å²) in [4.78, 5) is 15.7. The molecule has 1 aromatic heterocycles. The van der Waals surface area contributed by atoms with Gasteiger partial charge in [-0.2, -0.15) is 0 Å². The molecule has 1 heterocycles. The van der Waals surface area contributed by atoms with E-state index in [0.717, 1.165) is 23.4 Å². The van der Waals surface area contributed by atoms with Crippen LogP contribution in [-0.4, -0.2) is 22.1 Å². The van der Waals surface area contributed by atoms with Gasteiger partial charge in [-0.1, -0.05) is 24.3 Å². The Morgan fingerprint density at radius 2 is 2.15 bits per heavy atom. The molecular weight excluding hydrogens is 259 g/mol. The second-order valence-electron chi connectivity index (χ2n) is 4.81. The summed E-state index contributed by atoms with van der Waals surface area (Å²) in [6, 6.07) is 8.21. The number of aromatic nitrogens is 1. The summed E-state index contributed by atoms with van der Waals surface area (Å²) < 4.78 is 13.1. The fraction of sp³-hybridized carbons (Fsp3) is 0.200. The predicted octanol–water partition coefficient (Wildman–Crippen LogP) is 1.61. The van der Waals surface area contributed by atoms with Crippen molar-refractivity contribution >= 4 is 5.91 Å². The summed E-state index contributed by atoms with van der Waals surface area (Å²) in [5.74, 6) is -1.01. The highest BCUT2D eigenvalue weighted by Crippen LogP contribution is 2.31. The Balaban J connectivity index is 1.83. The van der Waals surface area contributed by atoms with Crippen LogP contribution in [-0.2, 0) is 6.42 Å². The highest BCUT2D eigenvalue weighted by molar-refractivity contribution is 5.94. The summed E-state index contributed by atoms with van der Waals surface area (Å²) in [7, 11) is 0. The van der Waals surface area contributed by atoms with Crippen LogP contribution in [0.25, 0.3) is 0 Å². The number of carbonyl (C=O) groups excluding carboxylic acids is 1. The first-order valence-electron chi connectivity index (χ1n) is 6.32. The van der Waals surface area contributed by atoms with E-state index in [4.69, 9.17) is 0 Å². The summed E-state index contributed by atoms with van der Waals surface area (Å²) in [6.45, 7) is 0. The normalized spacial score (nSPS) is 20.5. The van der Waals surface area contributed by atoms with E-state index in [9.17, 15) is 14.3 Å². The van der Waals surface area contributed by atoms with Crippen LogP contribution in [0, 0.1) is 5.82 Å². The number of nitrogens with one attached hydrogen (secondary N) is 1. The lowest BCUT2D eigenvalue weighted by atomic mass is 10.1. The van der Waals surface area contributed by atoms with Crippen LogP contribution < -0.4 is 5.32 Å². The van der Waals surface area contributed by atoms with Crippen LogP contribution >= 0.6 is 0 Å². The van der Waals surface area contributed by atoms with Crippen molar-refractivity contribution in [3.05, 3.63) is 65.2 Å². The van der Waals surface area contributed by atoms with Crippen LogP contribution in [0.4, 0.5) is 4.39 Å². The Morgan fingerprint density at radius 3 is 2.95 bits per heavy atom. The van der Waals surface area contributed by atoms with Crippen molar-refractivity contribution in [2.24, 2.45) is 0 Å². The van der Waals surface area contributed by atoms with Crippen molar-refractivity contribution in [3.8, 4) is 0 Å². The zero-order valence-electron chi connectivity index (χ0n) is 10.6. The molecule has 2 aromatic rings. The van der Waals surface area contributed by atoms with E-state index < -0.39 is 23.9 Å². The monoisotopic (exact) mass is 272 g/mol. The van der Waals surface area contributed by atoms with Gasteiger partial charge in [0, 0.05) is 12.6 Å². The van der Waals surface area contributed by atoms with Crippen molar-refractivity contribution < 1.29 is 14.3 Å². The Labute approximate surface area is 115 Å². The summed E-state index contributed by atoms with van der Waals surface area (Å²) >= 11 is 0. The Bertz CT molecular complexity index is 660. The first kappa shape index (κ1) is 12.7. The van der Waals surface area contributed by atoms with E-state index in [0.29, 0.717) is 6.42 Å². The quantitative estimate of drug-likeness (QED) is 0.873. The zero-order valence-corrected chi connectivity index (χ0v) is 10.6. The van der Waals surface area contributed by atoms with Gasteiger partial charge in [0.05, 0.1) is 23.9 Å². The fourth-order valence-electron chi connectivity index (χ4n) is 2.51. The zero-order chi connectivity index (χ0) is 14.1. The molecule has 2 N–H and O–H groups in total. The smallest absolute Gasteiger partial charge is 0.253 e.